The van der Waals surface area contributed by atoms with Crippen molar-refractivity contribution in [3.05, 3.63) is 77.9 Å². The molecule has 2 amide bonds. The van der Waals surface area contributed by atoms with Gasteiger partial charge in [0.05, 0.1) is 0 Å². The van der Waals surface area contributed by atoms with Crippen LogP contribution >= 0.6 is 0 Å². The lowest BCUT2D eigenvalue weighted by Gasteiger charge is -2.42. The molecule has 3 N–H and O–H groups in total. The number of rotatable bonds is 8. The van der Waals surface area contributed by atoms with Crippen molar-refractivity contribution in [2.24, 2.45) is 5.92 Å². The minimum atomic E-state index is -0.939. The molecule has 1 atom stereocenters. The number of fused-ring (bicyclic) bond motifs is 1. The monoisotopic (exact) mass is 544 g/mol. The van der Waals surface area contributed by atoms with E-state index >= 15 is 0 Å². The molecule has 0 radical (unpaired) electrons. The summed E-state index contributed by atoms with van der Waals surface area (Å²) in [6.45, 7) is 2.87. The number of hydroxylamine groups is 1. The number of anilines is 1. The predicted octanol–water partition coefficient (Wildman–Crippen LogP) is 3.04. The Morgan fingerprint density at radius 2 is 1.65 bits per heavy atom. The van der Waals surface area contributed by atoms with Crippen LogP contribution in [0.1, 0.15) is 28.8 Å². The van der Waals surface area contributed by atoms with Gasteiger partial charge in [-0.05, 0) is 65.9 Å². The van der Waals surface area contributed by atoms with Gasteiger partial charge in [-0.2, -0.15) is 0 Å². The minimum absolute atomic E-state index is 0.183. The number of ether oxygens (including phenoxy) is 2. The lowest BCUT2D eigenvalue weighted by Crippen LogP contribution is -2.57. The molecule has 2 fully saturated rings. The summed E-state index contributed by atoms with van der Waals surface area (Å²) in [7, 11) is 0. The van der Waals surface area contributed by atoms with E-state index in [1.165, 1.54) is 0 Å². The van der Waals surface area contributed by atoms with Gasteiger partial charge < -0.3 is 24.4 Å². The summed E-state index contributed by atoms with van der Waals surface area (Å²) in [4.78, 5) is 30.1. The quantitative estimate of drug-likeness (QED) is 0.225. The van der Waals surface area contributed by atoms with Crippen LogP contribution in [-0.4, -0.2) is 71.3 Å². The number of nitrogens with zero attached hydrogens (tertiary/aromatic N) is 3. The molecule has 10 nitrogen and oxygen atoms in total. The number of aliphatic hydroxyl groups excluding tert-OH is 1. The molecule has 3 aromatic carbocycles. The molecule has 1 saturated carbocycles. The SMILES string of the molecule is O=C(NO)c1ccc(CN(c2cccc(-c3ccc4c(c3)OCO4)c2)C(O)N2CCN(C(=O)C3CC3)CC2)cc1. The van der Waals surface area contributed by atoms with Crippen molar-refractivity contribution in [3.63, 3.8) is 0 Å². The zero-order valence-electron chi connectivity index (χ0n) is 22.0. The Morgan fingerprint density at radius 1 is 0.925 bits per heavy atom. The number of hydrogen-bond donors (Lipinski definition) is 3. The van der Waals surface area contributed by atoms with Gasteiger partial charge >= 0.3 is 0 Å². The highest BCUT2D eigenvalue weighted by Gasteiger charge is 2.36. The molecular formula is C30H32N4O6. The average Bonchev–Trinajstić information content (AvgIpc) is 3.75. The Bertz CT molecular complexity index is 1390. The molecule has 10 heteroatoms. The van der Waals surface area contributed by atoms with E-state index in [4.69, 9.17) is 14.7 Å². The van der Waals surface area contributed by atoms with Crippen molar-refractivity contribution in [1.82, 2.24) is 15.3 Å². The summed E-state index contributed by atoms with van der Waals surface area (Å²) in [6, 6.07) is 20.7. The molecular weight excluding hydrogens is 512 g/mol. The topological polar surface area (TPSA) is 115 Å². The first-order valence-corrected chi connectivity index (χ1v) is 13.5. The van der Waals surface area contributed by atoms with Gasteiger partial charge in [-0.25, -0.2) is 5.48 Å². The summed E-state index contributed by atoms with van der Waals surface area (Å²) in [5.74, 6) is 1.25. The fourth-order valence-electron chi connectivity index (χ4n) is 5.23. The second kappa shape index (κ2) is 11.2. The number of benzene rings is 3. The molecule has 208 valence electrons. The van der Waals surface area contributed by atoms with Crippen molar-refractivity contribution in [2.45, 2.75) is 25.7 Å². The van der Waals surface area contributed by atoms with E-state index in [-0.39, 0.29) is 18.6 Å². The Hall–Kier alpha value is -4.12. The maximum Gasteiger partial charge on any atom is 0.274 e. The molecule has 0 bridgehead atoms. The smallest absolute Gasteiger partial charge is 0.274 e. The van der Waals surface area contributed by atoms with Crippen molar-refractivity contribution in [1.29, 1.82) is 0 Å². The highest BCUT2D eigenvalue weighted by Crippen LogP contribution is 2.37. The largest absolute Gasteiger partial charge is 0.454 e. The molecule has 6 rings (SSSR count). The lowest BCUT2D eigenvalue weighted by molar-refractivity contribution is -0.136. The summed E-state index contributed by atoms with van der Waals surface area (Å²) in [6.07, 6.45) is 1.02. The Morgan fingerprint density at radius 3 is 2.38 bits per heavy atom. The normalized spacial score (nSPS) is 17.4. The van der Waals surface area contributed by atoms with Crippen molar-refractivity contribution >= 4 is 17.5 Å². The predicted molar refractivity (Wildman–Crippen MR) is 147 cm³/mol. The molecule has 3 aromatic rings. The molecule has 0 aromatic heterocycles. The number of nitrogens with one attached hydrogen (secondary N) is 1. The number of hydrogen-bond acceptors (Lipinski definition) is 8. The van der Waals surface area contributed by atoms with E-state index in [1.807, 2.05) is 57.2 Å². The van der Waals surface area contributed by atoms with E-state index in [0.717, 1.165) is 41.0 Å². The molecule has 40 heavy (non-hydrogen) atoms. The first-order chi connectivity index (χ1) is 19.5. The van der Waals surface area contributed by atoms with Gasteiger partial charge in [0.15, 0.2) is 17.9 Å². The van der Waals surface area contributed by atoms with Crippen LogP contribution in [0.25, 0.3) is 11.1 Å². The maximum atomic E-state index is 12.5. The Labute approximate surface area is 232 Å². The van der Waals surface area contributed by atoms with Crippen LogP contribution in [0.4, 0.5) is 5.69 Å². The third-order valence-electron chi connectivity index (χ3n) is 7.71. The molecule has 0 spiro atoms. The third-order valence-corrected chi connectivity index (χ3v) is 7.71. The van der Waals surface area contributed by atoms with E-state index < -0.39 is 12.3 Å². The fourth-order valence-corrected chi connectivity index (χ4v) is 5.23. The zero-order valence-corrected chi connectivity index (χ0v) is 22.0. The number of carbonyl (C=O) groups is 2. The van der Waals surface area contributed by atoms with Crippen LogP contribution in [0.5, 0.6) is 11.5 Å². The minimum Gasteiger partial charge on any atom is -0.454 e. The molecule has 1 unspecified atom stereocenters. The van der Waals surface area contributed by atoms with Gasteiger partial charge in [-0.1, -0.05) is 30.3 Å². The van der Waals surface area contributed by atoms with Crippen molar-refractivity contribution in [3.8, 4) is 22.6 Å². The zero-order chi connectivity index (χ0) is 27.6. The van der Waals surface area contributed by atoms with Crippen LogP contribution < -0.4 is 19.9 Å². The number of piperazine rings is 1. The molecule has 3 aliphatic rings. The van der Waals surface area contributed by atoms with Gasteiger partial charge in [0.1, 0.15) is 0 Å². The highest BCUT2D eigenvalue weighted by molar-refractivity contribution is 5.93. The van der Waals surface area contributed by atoms with Crippen molar-refractivity contribution < 1.29 is 29.4 Å². The van der Waals surface area contributed by atoms with E-state index in [1.54, 1.807) is 29.7 Å². The molecule has 2 heterocycles. The first kappa shape index (κ1) is 26.1. The summed E-state index contributed by atoms with van der Waals surface area (Å²) in [5, 5.41) is 20.6. The number of aliphatic hydroxyl groups is 1. The summed E-state index contributed by atoms with van der Waals surface area (Å²) >= 11 is 0. The van der Waals surface area contributed by atoms with Crippen LogP contribution in [0.2, 0.25) is 0 Å². The van der Waals surface area contributed by atoms with E-state index in [9.17, 15) is 14.7 Å². The van der Waals surface area contributed by atoms with E-state index in [2.05, 4.69) is 0 Å². The van der Waals surface area contributed by atoms with Crippen LogP contribution in [0.3, 0.4) is 0 Å². The number of amides is 2. The standard InChI is InChI=1S/C30H32N4O6/c35-28(31-38)21-6-4-20(5-7-21)18-34(30(37)33-14-12-32(13-15-33)29(36)22-8-9-22)25-3-1-2-23(16-25)24-10-11-26-27(17-24)40-19-39-26/h1-7,10-11,16-17,22,30,37-38H,8-9,12-15,18-19H2,(H,31,35). The van der Waals surface area contributed by atoms with Gasteiger partial charge in [0.2, 0.25) is 12.7 Å². The second-order valence-electron chi connectivity index (χ2n) is 10.4. The lowest BCUT2D eigenvalue weighted by atomic mass is 10.0. The van der Waals surface area contributed by atoms with Gasteiger partial charge in [0.25, 0.3) is 5.91 Å². The van der Waals surface area contributed by atoms with Crippen LogP contribution in [0, 0.1) is 5.92 Å². The molecule has 1 saturated heterocycles. The molecule has 1 aliphatic carbocycles. The summed E-state index contributed by atoms with van der Waals surface area (Å²) in [5.41, 5.74) is 5.60. The Balaban J connectivity index is 1.26. The maximum absolute atomic E-state index is 12.5. The van der Waals surface area contributed by atoms with Gasteiger partial charge in [-0.3, -0.25) is 19.7 Å². The van der Waals surface area contributed by atoms with Crippen molar-refractivity contribution in [2.75, 3.05) is 37.9 Å². The van der Waals surface area contributed by atoms with Gasteiger partial charge in [0, 0.05) is 49.9 Å². The Kier molecular flexibility index (Phi) is 7.29. The van der Waals surface area contributed by atoms with E-state index in [0.29, 0.717) is 44.0 Å². The molecule has 2 aliphatic heterocycles. The third kappa shape index (κ3) is 5.46. The van der Waals surface area contributed by atoms with Crippen LogP contribution in [0.15, 0.2) is 66.7 Å². The fraction of sp³-hybridized carbons (Fsp3) is 0.333. The number of carbonyl (C=O) groups excluding carboxylic acids is 2. The first-order valence-electron chi connectivity index (χ1n) is 13.5. The summed E-state index contributed by atoms with van der Waals surface area (Å²) < 4.78 is 11.0. The van der Waals surface area contributed by atoms with Gasteiger partial charge in [-0.15, -0.1) is 0 Å². The highest BCUT2D eigenvalue weighted by atomic mass is 16.7. The average molecular weight is 545 g/mol. The second-order valence-corrected chi connectivity index (χ2v) is 10.4. The van der Waals surface area contributed by atoms with Crippen LogP contribution in [-0.2, 0) is 11.3 Å².